The number of hydrogen-bond acceptors (Lipinski definition) is 8. The van der Waals surface area contributed by atoms with Crippen LogP contribution in [0.3, 0.4) is 0 Å². The third kappa shape index (κ3) is 3.64. The van der Waals surface area contributed by atoms with Crippen LogP contribution in [0.1, 0.15) is 24.9 Å². The third-order valence-electron chi connectivity index (χ3n) is 5.05. The summed E-state index contributed by atoms with van der Waals surface area (Å²) in [5.74, 6) is -0.338. The summed E-state index contributed by atoms with van der Waals surface area (Å²) in [4.78, 5) is 30.1. The highest BCUT2D eigenvalue weighted by molar-refractivity contribution is 5.87. The maximum Gasteiger partial charge on any atom is 0.305 e. The SMILES string of the molecule is C[C@@H](c1cccc2ccccc12)N(CCC(=O)O)c1ncc2c(N)nc(N)nc2n1. The highest BCUT2D eigenvalue weighted by atomic mass is 16.4. The van der Waals surface area contributed by atoms with Crippen LogP contribution in [0.25, 0.3) is 21.8 Å². The van der Waals surface area contributed by atoms with Gasteiger partial charge in [-0.1, -0.05) is 42.5 Å². The molecule has 5 N–H and O–H groups in total. The molecule has 2 aromatic carbocycles. The number of nitrogens with zero attached hydrogens (tertiary/aromatic N) is 5. The Hall–Kier alpha value is -4.01. The van der Waals surface area contributed by atoms with E-state index in [9.17, 15) is 9.90 Å². The van der Waals surface area contributed by atoms with Gasteiger partial charge in [0.25, 0.3) is 0 Å². The number of anilines is 3. The van der Waals surface area contributed by atoms with E-state index in [1.807, 2.05) is 54.3 Å². The molecule has 0 radical (unpaired) electrons. The van der Waals surface area contributed by atoms with Crippen LogP contribution in [0, 0.1) is 0 Å². The smallest absolute Gasteiger partial charge is 0.305 e. The van der Waals surface area contributed by atoms with E-state index in [1.54, 1.807) is 0 Å². The third-order valence-corrected chi connectivity index (χ3v) is 5.05. The number of benzene rings is 2. The quantitative estimate of drug-likeness (QED) is 0.442. The molecule has 0 aliphatic heterocycles. The molecule has 0 saturated heterocycles. The largest absolute Gasteiger partial charge is 0.481 e. The molecule has 4 rings (SSSR count). The number of aromatic nitrogens is 4. The fourth-order valence-corrected chi connectivity index (χ4v) is 3.55. The van der Waals surface area contributed by atoms with Crippen molar-refractivity contribution in [2.24, 2.45) is 0 Å². The molecule has 9 nitrogen and oxygen atoms in total. The molecule has 9 heteroatoms. The van der Waals surface area contributed by atoms with E-state index in [0.29, 0.717) is 17.0 Å². The summed E-state index contributed by atoms with van der Waals surface area (Å²) in [5, 5.41) is 11.9. The van der Waals surface area contributed by atoms with E-state index >= 15 is 0 Å². The fraction of sp³-hybridized carbons (Fsp3) is 0.190. The average molecular weight is 403 g/mol. The first-order valence-electron chi connectivity index (χ1n) is 9.46. The lowest BCUT2D eigenvalue weighted by Crippen LogP contribution is -2.31. The zero-order valence-electron chi connectivity index (χ0n) is 16.4. The molecule has 0 bridgehead atoms. The van der Waals surface area contributed by atoms with Crippen molar-refractivity contribution in [3.63, 3.8) is 0 Å². The number of nitrogen functional groups attached to an aromatic ring is 2. The van der Waals surface area contributed by atoms with Crippen molar-refractivity contribution in [3.8, 4) is 0 Å². The van der Waals surface area contributed by atoms with Crippen molar-refractivity contribution in [2.75, 3.05) is 22.9 Å². The van der Waals surface area contributed by atoms with Crippen molar-refractivity contribution in [3.05, 3.63) is 54.2 Å². The van der Waals surface area contributed by atoms with Crippen molar-refractivity contribution in [1.29, 1.82) is 0 Å². The molecule has 0 aliphatic rings. The van der Waals surface area contributed by atoms with Crippen LogP contribution in [0.2, 0.25) is 0 Å². The molecule has 4 aromatic rings. The van der Waals surface area contributed by atoms with E-state index in [2.05, 4.69) is 19.9 Å². The summed E-state index contributed by atoms with van der Waals surface area (Å²) < 4.78 is 0. The van der Waals surface area contributed by atoms with E-state index in [1.165, 1.54) is 6.20 Å². The lowest BCUT2D eigenvalue weighted by atomic mass is 9.98. The van der Waals surface area contributed by atoms with Gasteiger partial charge in [0.05, 0.1) is 17.8 Å². The van der Waals surface area contributed by atoms with Gasteiger partial charge in [0.15, 0.2) is 5.65 Å². The van der Waals surface area contributed by atoms with Crippen LogP contribution >= 0.6 is 0 Å². The van der Waals surface area contributed by atoms with E-state index in [4.69, 9.17) is 11.5 Å². The van der Waals surface area contributed by atoms with Crippen molar-refractivity contribution >= 4 is 45.5 Å². The summed E-state index contributed by atoms with van der Waals surface area (Å²) in [7, 11) is 0. The monoisotopic (exact) mass is 403 g/mol. The Bertz CT molecular complexity index is 1240. The van der Waals surface area contributed by atoms with Gasteiger partial charge in [-0.2, -0.15) is 15.0 Å². The van der Waals surface area contributed by atoms with Gasteiger partial charge >= 0.3 is 5.97 Å². The molecular formula is C21H21N7O2. The number of carbonyl (C=O) groups is 1. The Morgan fingerprint density at radius 1 is 1.07 bits per heavy atom. The Kier molecular flexibility index (Phi) is 5.01. The standard InChI is InChI=1S/C21H21N7O2/c1-12(14-8-4-6-13-5-2-3-7-15(13)14)28(10-9-17(29)30)21-24-11-16-18(22)25-20(23)26-19(16)27-21/h2-8,11-12H,9-10H2,1H3,(H,29,30)(H4,22,23,24,25,26,27)/t12-/m0/s1. The summed E-state index contributed by atoms with van der Waals surface area (Å²) in [5.41, 5.74) is 13.0. The number of nitrogens with two attached hydrogens (primary N) is 2. The van der Waals surface area contributed by atoms with Crippen molar-refractivity contribution in [2.45, 2.75) is 19.4 Å². The van der Waals surface area contributed by atoms with Crippen LogP contribution in [-0.4, -0.2) is 37.6 Å². The van der Waals surface area contributed by atoms with Gasteiger partial charge < -0.3 is 21.5 Å². The number of carboxylic acids is 1. The summed E-state index contributed by atoms with van der Waals surface area (Å²) in [6.07, 6.45) is 1.47. The minimum absolute atomic E-state index is 0.0174. The zero-order valence-corrected chi connectivity index (χ0v) is 16.4. The number of aliphatic carboxylic acids is 1. The molecule has 30 heavy (non-hydrogen) atoms. The molecule has 0 amide bonds. The van der Waals surface area contributed by atoms with Crippen LogP contribution in [0.15, 0.2) is 48.7 Å². The lowest BCUT2D eigenvalue weighted by molar-refractivity contribution is -0.136. The van der Waals surface area contributed by atoms with Gasteiger partial charge in [0.1, 0.15) is 5.82 Å². The van der Waals surface area contributed by atoms with Gasteiger partial charge in [-0.3, -0.25) is 4.79 Å². The number of fused-ring (bicyclic) bond motifs is 2. The Labute approximate surface area is 172 Å². The van der Waals surface area contributed by atoms with E-state index < -0.39 is 5.97 Å². The highest BCUT2D eigenvalue weighted by Gasteiger charge is 2.22. The molecule has 0 unspecified atom stereocenters. The number of hydrogen-bond donors (Lipinski definition) is 3. The van der Waals surface area contributed by atoms with Crippen molar-refractivity contribution < 1.29 is 9.90 Å². The fourth-order valence-electron chi connectivity index (χ4n) is 3.55. The van der Waals surface area contributed by atoms with Gasteiger partial charge in [-0.15, -0.1) is 0 Å². The van der Waals surface area contributed by atoms with Gasteiger partial charge in [0, 0.05) is 12.7 Å². The molecule has 0 spiro atoms. The highest BCUT2D eigenvalue weighted by Crippen LogP contribution is 2.31. The predicted octanol–water partition coefficient (Wildman–Crippen LogP) is 2.78. The minimum atomic E-state index is -0.901. The van der Waals surface area contributed by atoms with Gasteiger partial charge in [-0.05, 0) is 23.3 Å². The van der Waals surface area contributed by atoms with Crippen LogP contribution < -0.4 is 16.4 Å². The van der Waals surface area contributed by atoms with E-state index in [-0.39, 0.29) is 30.8 Å². The Morgan fingerprint density at radius 2 is 1.83 bits per heavy atom. The molecular weight excluding hydrogens is 382 g/mol. The summed E-state index contributed by atoms with van der Waals surface area (Å²) in [6.45, 7) is 2.22. The topological polar surface area (TPSA) is 144 Å². The first-order valence-corrected chi connectivity index (χ1v) is 9.46. The summed E-state index contributed by atoms with van der Waals surface area (Å²) >= 11 is 0. The second-order valence-corrected chi connectivity index (χ2v) is 6.96. The molecule has 152 valence electrons. The average Bonchev–Trinajstić information content (AvgIpc) is 2.72. The summed E-state index contributed by atoms with van der Waals surface area (Å²) in [6, 6.07) is 13.9. The second kappa shape index (κ2) is 7.78. The maximum atomic E-state index is 11.3. The number of carboxylic acid groups (broad SMARTS) is 1. The maximum absolute atomic E-state index is 11.3. The minimum Gasteiger partial charge on any atom is -0.481 e. The Balaban J connectivity index is 1.81. The second-order valence-electron chi connectivity index (χ2n) is 6.96. The Morgan fingerprint density at radius 3 is 2.63 bits per heavy atom. The number of rotatable bonds is 6. The van der Waals surface area contributed by atoms with Gasteiger partial charge in [-0.25, -0.2) is 4.98 Å². The van der Waals surface area contributed by atoms with Crippen molar-refractivity contribution in [1.82, 2.24) is 19.9 Å². The lowest BCUT2D eigenvalue weighted by Gasteiger charge is -2.30. The first-order chi connectivity index (χ1) is 14.4. The zero-order chi connectivity index (χ0) is 21.3. The normalized spacial score (nSPS) is 12.2. The van der Waals surface area contributed by atoms with Crippen LogP contribution in [-0.2, 0) is 4.79 Å². The first kappa shape index (κ1) is 19.3. The molecule has 0 fully saturated rings. The van der Waals surface area contributed by atoms with E-state index in [0.717, 1.165) is 16.3 Å². The van der Waals surface area contributed by atoms with Gasteiger partial charge in [0.2, 0.25) is 11.9 Å². The molecule has 2 aromatic heterocycles. The molecule has 1 atom stereocenters. The molecule has 0 saturated carbocycles. The molecule has 0 aliphatic carbocycles. The molecule has 2 heterocycles. The predicted molar refractivity (Wildman–Crippen MR) is 116 cm³/mol. The van der Waals surface area contributed by atoms with Crippen LogP contribution in [0.4, 0.5) is 17.7 Å². The van der Waals surface area contributed by atoms with Crippen LogP contribution in [0.5, 0.6) is 0 Å².